The molecule has 1 aliphatic rings. The molecule has 0 aromatic rings. The fourth-order valence-electron chi connectivity index (χ4n) is 1.64. The maximum Gasteiger partial charge on any atom is 0.261 e. The Labute approximate surface area is 89.8 Å². The third kappa shape index (κ3) is 3.32. The standard InChI is InChI=1S/C9H16N2O3S/c1-7(9(10)12)15(13,14)11-8-5-3-2-4-6-8/h8,11H,1-6H2,(H2,10,12). The average Bonchev–Trinajstić information content (AvgIpc) is 2.17. The lowest BCUT2D eigenvalue weighted by molar-refractivity contribution is -0.113. The van der Waals surface area contributed by atoms with Crippen molar-refractivity contribution >= 4 is 15.9 Å². The van der Waals surface area contributed by atoms with Gasteiger partial charge in [0, 0.05) is 6.04 Å². The first-order valence-corrected chi connectivity index (χ1v) is 6.43. The van der Waals surface area contributed by atoms with E-state index in [2.05, 4.69) is 11.3 Å². The molecule has 0 atom stereocenters. The second kappa shape index (κ2) is 4.76. The van der Waals surface area contributed by atoms with E-state index in [0.717, 1.165) is 32.1 Å². The summed E-state index contributed by atoms with van der Waals surface area (Å²) in [6, 6.07) is -0.0835. The molecule has 0 aromatic heterocycles. The van der Waals surface area contributed by atoms with E-state index < -0.39 is 20.8 Å². The Bertz CT molecular complexity index is 356. The van der Waals surface area contributed by atoms with Gasteiger partial charge in [0.1, 0.15) is 4.91 Å². The molecule has 3 N–H and O–H groups in total. The molecular formula is C9H16N2O3S. The van der Waals surface area contributed by atoms with Crippen molar-refractivity contribution in [3.8, 4) is 0 Å². The van der Waals surface area contributed by atoms with E-state index in [1.807, 2.05) is 0 Å². The van der Waals surface area contributed by atoms with E-state index in [1.165, 1.54) is 0 Å². The van der Waals surface area contributed by atoms with Crippen molar-refractivity contribution in [2.24, 2.45) is 5.73 Å². The summed E-state index contributed by atoms with van der Waals surface area (Å²) in [6.45, 7) is 3.17. The van der Waals surface area contributed by atoms with Gasteiger partial charge in [-0.1, -0.05) is 25.8 Å². The Balaban J connectivity index is 2.63. The van der Waals surface area contributed by atoms with Crippen LogP contribution in [-0.4, -0.2) is 20.4 Å². The molecule has 0 unspecified atom stereocenters. The smallest absolute Gasteiger partial charge is 0.261 e. The molecule has 1 amide bonds. The molecule has 1 aliphatic carbocycles. The Morgan fingerprint density at radius 1 is 1.27 bits per heavy atom. The van der Waals surface area contributed by atoms with E-state index in [1.54, 1.807) is 0 Å². The van der Waals surface area contributed by atoms with Gasteiger partial charge in [-0.05, 0) is 12.8 Å². The number of amides is 1. The minimum Gasteiger partial charge on any atom is -0.365 e. The predicted molar refractivity (Wildman–Crippen MR) is 57.3 cm³/mol. The van der Waals surface area contributed by atoms with Crippen molar-refractivity contribution in [2.45, 2.75) is 38.1 Å². The number of primary amides is 1. The summed E-state index contributed by atoms with van der Waals surface area (Å²) in [6.07, 6.45) is 4.78. The lowest BCUT2D eigenvalue weighted by atomic mass is 9.96. The number of sulfonamides is 1. The van der Waals surface area contributed by atoms with Crippen LogP contribution in [0.25, 0.3) is 0 Å². The molecule has 0 bridgehead atoms. The van der Waals surface area contributed by atoms with Crippen molar-refractivity contribution in [3.05, 3.63) is 11.5 Å². The molecule has 0 spiro atoms. The molecule has 5 nitrogen and oxygen atoms in total. The number of hydrogen-bond donors (Lipinski definition) is 2. The Morgan fingerprint density at radius 3 is 2.27 bits per heavy atom. The fraction of sp³-hybridized carbons (Fsp3) is 0.667. The predicted octanol–water partition coefficient (Wildman–Crippen LogP) is 0.237. The average molecular weight is 232 g/mol. The van der Waals surface area contributed by atoms with E-state index in [4.69, 9.17) is 5.73 Å². The lowest BCUT2D eigenvalue weighted by Crippen LogP contribution is -2.39. The Hall–Kier alpha value is -0.880. The molecule has 15 heavy (non-hydrogen) atoms. The second-order valence-corrected chi connectivity index (χ2v) is 5.48. The highest BCUT2D eigenvalue weighted by Crippen LogP contribution is 2.19. The van der Waals surface area contributed by atoms with Gasteiger partial charge in [0.05, 0.1) is 0 Å². The zero-order chi connectivity index (χ0) is 11.5. The monoisotopic (exact) mass is 232 g/mol. The molecule has 0 saturated heterocycles. The highest BCUT2D eigenvalue weighted by molar-refractivity contribution is 7.94. The molecule has 0 heterocycles. The summed E-state index contributed by atoms with van der Waals surface area (Å²) in [5.41, 5.74) is 4.87. The summed E-state index contributed by atoms with van der Waals surface area (Å²) >= 11 is 0. The highest BCUT2D eigenvalue weighted by Gasteiger charge is 2.25. The van der Waals surface area contributed by atoms with Gasteiger partial charge in [-0.2, -0.15) is 0 Å². The van der Waals surface area contributed by atoms with Crippen LogP contribution >= 0.6 is 0 Å². The van der Waals surface area contributed by atoms with Crippen molar-refractivity contribution in [2.75, 3.05) is 0 Å². The lowest BCUT2D eigenvalue weighted by Gasteiger charge is -2.22. The molecule has 1 fully saturated rings. The summed E-state index contributed by atoms with van der Waals surface area (Å²) in [5.74, 6) is -1.00. The first-order valence-electron chi connectivity index (χ1n) is 4.94. The van der Waals surface area contributed by atoms with Crippen LogP contribution in [-0.2, 0) is 14.8 Å². The minimum atomic E-state index is -3.78. The van der Waals surface area contributed by atoms with E-state index in [0.29, 0.717) is 0 Å². The topological polar surface area (TPSA) is 89.3 Å². The molecule has 0 radical (unpaired) electrons. The van der Waals surface area contributed by atoms with Crippen molar-refractivity contribution in [1.29, 1.82) is 0 Å². The van der Waals surface area contributed by atoms with Crippen LogP contribution in [0.2, 0.25) is 0 Å². The number of carbonyl (C=O) groups excluding carboxylic acids is 1. The quantitative estimate of drug-likeness (QED) is 0.680. The fourth-order valence-corrected chi connectivity index (χ4v) is 2.73. The van der Waals surface area contributed by atoms with Crippen molar-refractivity contribution in [3.63, 3.8) is 0 Å². The van der Waals surface area contributed by atoms with Crippen LogP contribution in [0, 0.1) is 0 Å². The largest absolute Gasteiger partial charge is 0.365 e. The third-order valence-corrected chi connectivity index (χ3v) is 4.02. The molecule has 0 aliphatic heterocycles. The van der Waals surface area contributed by atoms with Gasteiger partial charge in [-0.3, -0.25) is 4.79 Å². The van der Waals surface area contributed by atoms with Gasteiger partial charge in [0.2, 0.25) is 10.0 Å². The third-order valence-electron chi connectivity index (χ3n) is 2.53. The number of hydrogen-bond acceptors (Lipinski definition) is 3. The number of rotatable bonds is 4. The molecule has 86 valence electrons. The number of carbonyl (C=O) groups is 1. The zero-order valence-electron chi connectivity index (χ0n) is 8.53. The Kier molecular flexibility index (Phi) is 3.87. The SMILES string of the molecule is C=C(C(N)=O)S(=O)(=O)NC1CCCCC1. The molecule has 1 saturated carbocycles. The summed E-state index contributed by atoms with van der Waals surface area (Å²) in [7, 11) is -3.78. The minimum absolute atomic E-state index is 0.0835. The summed E-state index contributed by atoms with van der Waals surface area (Å²) in [4.78, 5) is 10.1. The maximum absolute atomic E-state index is 11.5. The van der Waals surface area contributed by atoms with Gasteiger partial charge < -0.3 is 5.73 Å². The van der Waals surface area contributed by atoms with Crippen LogP contribution in [0.5, 0.6) is 0 Å². The first-order chi connectivity index (χ1) is 6.93. The van der Waals surface area contributed by atoms with E-state index >= 15 is 0 Å². The van der Waals surface area contributed by atoms with E-state index in [9.17, 15) is 13.2 Å². The highest BCUT2D eigenvalue weighted by atomic mass is 32.2. The van der Waals surface area contributed by atoms with E-state index in [-0.39, 0.29) is 6.04 Å². The normalized spacial score (nSPS) is 18.7. The van der Waals surface area contributed by atoms with Crippen molar-refractivity contribution < 1.29 is 13.2 Å². The molecule has 1 rings (SSSR count). The molecule has 0 aromatic carbocycles. The Morgan fingerprint density at radius 2 is 1.80 bits per heavy atom. The van der Waals surface area contributed by atoms with Gasteiger partial charge >= 0.3 is 0 Å². The van der Waals surface area contributed by atoms with Crippen LogP contribution in [0.4, 0.5) is 0 Å². The van der Waals surface area contributed by atoms with Crippen LogP contribution in [0.15, 0.2) is 11.5 Å². The number of nitrogens with one attached hydrogen (secondary N) is 1. The maximum atomic E-state index is 11.5. The summed E-state index contributed by atoms with van der Waals surface area (Å²) < 4.78 is 25.5. The van der Waals surface area contributed by atoms with Gasteiger partial charge in [-0.15, -0.1) is 0 Å². The first kappa shape index (κ1) is 12.2. The molecule has 6 heteroatoms. The second-order valence-electron chi connectivity index (χ2n) is 3.74. The molecular weight excluding hydrogens is 216 g/mol. The van der Waals surface area contributed by atoms with Gasteiger partial charge in [0.25, 0.3) is 5.91 Å². The van der Waals surface area contributed by atoms with Crippen LogP contribution < -0.4 is 10.5 Å². The van der Waals surface area contributed by atoms with Crippen LogP contribution in [0.1, 0.15) is 32.1 Å². The summed E-state index contributed by atoms with van der Waals surface area (Å²) in [5, 5.41) is 0. The van der Waals surface area contributed by atoms with Gasteiger partial charge in [0.15, 0.2) is 0 Å². The van der Waals surface area contributed by atoms with Gasteiger partial charge in [-0.25, -0.2) is 13.1 Å². The van der Waals surface area contributed by atoms with Crippen molar-refractivity contribution in [1.82, 2.24) is 4.72 Å². The number of nitrogens with two attached hydrogens (primary N) is 1. The van der Waals surface area contributed by atoms with Crippen LogP contribution in [0.3, 0.4) is 0 Å². The zero-order valence-corrected chi connectivity index (χ0v) is 9.35.